The van der Waals surface area contributed by atoms with Gasteiger partial charge in [0.25, 0.3) is 0 Å². The van der Waals surface area contributed by atoms with E-state index in [9.17, 15) is 0 Å². The molecule has 1 aromatic rings. The molecule has 0 aliphatic heterocycles. The molecule has 0 aliphatic rings. The van der Waals surface area contributed by atoms with E-state index in [1.165, 1.54) is 0 Å². The van der Waals surface area contributed by atoms with Crippen LogP contribution in [0.25, 0.3) is 0 Å². The van der Waals surface area contributed by atoms with Crippen LogP contribution < -0.4 is 5.48 Å². The summed E-state index contributed by atoms with van der Waals surface area (Å²) in [6.45, 7) is 0. The van der Waals surface area contributed by atoms with E-state index in [1.807, 2.05) is 23.7 Å². The van der Waals surface area contributed by atoms with E-state index in [0.717, 1.165) is 0 Å². The normalized spacial score (nSPS) is 7.67. The number of benzene rings is 1. The van der Waals surface area contributed by atoms with Crippen molar-refractivity contribution < 1.29 is 9.91 Å². The Kier molecular flexibility index (Phi) is 3.39. The molecule has 0 aromatic heterocycles. The van der Waals surface area contributed by atoms with Gasteiger partial charge in [0.05, 0.1) is 5.69 Å². The monoisotopic (exact) mass is 129 g/mol. The standard InChI is InChI=1S/C6H7NO.FH/c8-7-6-4-2-1-3-5-6;/h1-5,7-8H;1H. The van der Waals surface area contributed by atoms with Crippen LogP contribution in [0.5, 0.6) is 0 Å². The minimum absolute atomic E-state index is 0. The molecular formula is C6H8FNO. The molecule has 0 heterocycles. The van der Waals surface area contributed by atoms with Crippen molar-refractivity contribution in [1.29, 1.82) is 0 Å². The molecule has 9 heavy (non-hydrogen) atoms. The molecule has 1 rings (SSSR count). The van der Waals surface area contributed by atoms with Gasteiger partial charge in [-0.05, 0) is 12.1 Å². The average molecular weight is 129 g/mol. The summed E-state index contributed by atoms with van der Waals surface area (Å²) in [7, 11) is 0. The van der Waals surface area contributed by atoms with E-state index < -0.39 is 0 Å². The van der Waals surface area contributed by atoms with E-state index in [1.54, 1.807) is 12.1 Å². The molecule has 0 unspecified atom stereocenters. The fourth-order valence-corrected chi connectivity index (χ4v) is 0.513. The smallest absolute Gasteiger partial charge is 0.0602 e. The van der Waals surface area contributed by atoms with E-state index in [0.29, 0.717) is 5.69 Å². The molecule has 0 radical (unpaired) electrons. The zero-order valence-electron chi connectivity index (χ0n) is 4.74. The van der Waals surface area contributed by atoms with Crippen LogP contribution in [0.1, 0.15) is 0 Å². The maximum absolute atomic E-state index is 8.29. The van der Waals surface area contributed by atoms with Gasteiger partial charge >= 0.3 is 0 Å². The van der Waals surface area contributed by atoms with E-state index >= 15 is 0 Å². The lowest BCUT2D eigenvalue weighted by Gasteiger charge is -1.92. The SMILES string of the molecule is F.ONc1ccccc1. The topological polar surface area (TPSA) is 32.3 Å². The number of anilines is 1. The van der Waals surface area contributed by atoms with Crippen LogP contribution in [0.2, 0.25) is 0 Å². The Hall–Kier alpha value is -1.09. The van der Waals surface area contributed by atoms with Crippen molar-refractivity contribution in [2.24, 2.45) is 0 Å². The van der Waals surface area contributed by atoms with Gasteiger partial charge in [-0.25, -0.2) is 0 Å². The summed E-state index contributed by atoms with van der Waals surface area (Å²) in [5.41, 5.74) is 2.74. The molecule has 0 saturated heterocycles. The van der Waals surface area contributed by atoms with Gasteiger partial charge in [0.15, 0.2) is 0 Å². The van der Waals surface area contributed by atoms with Crippen LogP contribution in [0.15, 0.2) is 30.3 Å². The Balaban J connectivity index is 0.000000640. The summed E-state index contributed by atoms with van der Waals surface area (Å²) in [5, 5.41) is 8.29. The molecular weight excluding hydrogens is 121 g/mol. The second-order valence-electron chi connectivity index (χ2n) is 1.48. The van der Waals surface area contributed by atoms with Crippen LogP contribution in [-0.4, -0.2) is 5.21 Å². The highest BCUT2D eigenvalue weighted by molar-refractivity contribution is 5.39. The van der Waals surface area contributed by atoms with Crippen molar-refractivity contribution >= 4 is 5.69 Å². The van der Waals surface area contributed by atoms with Crippen LogP contribution in [0.3, 0.4) is 0 Å². The first-order valence-electron chi connectivity index (χ1n) is 2.38. The van der Waals surface area contributed by atoms with Crippen molar-refractivity contribution in [3.05, 3.63) is 30.3 Å². The fourth-order valence-electron chi connectivity index (χ4n) is 0.513. The lowest BCUT2D eigenvalue weighted by Crippen LogP contribution is -1.85. The number of hydrogen-bond donors (Lipinski definition) is 2. The molecule has 2 N–H and O–H groups in total. The van der Waals surface area contributed by atoms with Crippen LogP contribution in [0, 0.1) is 0 Å². The number of hydrogen-bond acceptors (Lipinski definition) is 2. The lowest BCUT2D eigenvalue weighted by atomic mass is 10.3. The maximum Gasteiger partial charge on any atom is 0.0602 e. The Morgan fingerprint density at radius 3 is 2.00 bits per heavy atom. The highest BCUT2D eigenvalue weighted by atomic mass is 19.0. The van der Waals surface area contributed by atoms with Gasteiger partial charge in [0.2, 0.25) is 0 Å². The number of halogens is 1. The quantitative estimate of drug-likeness (QED) is 0.565. The summed E-state index contributed by atoms with van der Waals surface area (Å²) < 4.78 is 0. The molecule has 2 nitrogen and oxygen atoms in total. The molecule has 0 saturated carbocycles. The first-order valence-corrected chi connectivity index (χ1v) is 2.38. The van der Waals surface area contributed by atoms with Gasteiger partial charge in [0.1, 0.15) is 0 Å². The molecule has 0 spiro atoms. The summed E-state index contributed by atoms with van der Waals surface area (Å²) >= 11 is 0. The fraction of sp³-hybridized carbons (Fsp3) is 0. The molecule has 1 aromatic carbocycles. The third kappa shape index (κ3) is 2.10. The Bertz CT molecular complexity index is 154. The van der Waals surface area contributed by atoms with Gasteiger partial charge in [-0.2, -0.15) is 0 Å². The Morgan fingerprint density at radius 2 is 1.67 bits per heavy atom. The average Bonchev–Trinajstić information content (AvgIpc) is 1.90. The summed E-state index contributed by atoms with van der Waals surface area (Å²) in [5.74, 6) is 0. The minimum Gasteiger partial charge on any atom is -0.291 e. The Morgan fingerprint density at radius 1 is 1.11 bits per heavy atom. The van der Waals surface area contributed by atoms with Crippen molar-refractivity contribution in [3.8, 4) is 0 Å². The number of rotatable bonds is 1. The lowest BCUT2D eigenvalue weighted by molar-refractivity contribution is 0.389. The third-order valence-corrected chi connectivity index (χ3v) is 0.903. The predicted molar refractivity (Wildman–Crippen MR) is 34.4 cm³/mol. The third-order valence-electron chi connectivity index (χ3n) is 0.903. The summed E-state index contributed by atoms with van der Waals surface area (Å²) in [4.78, 5) is 0. The maximum atomic E-state index is 8.29. The first-order chi connectivity index (χ1) is 3.93. The number of para-hydroxylation sites is 1. The van der Waals surface area contributed by atoms with Crippen molar-refractivity contribution in [2.45, 2.75) is 0 Å². The highest BCUT2D eigenvalue weighted by Gasteiger charge is 1.79. The van der Waals surface area contributed by atoms with Gasteiger partial charge in [0, 0.05) is 0 Å². The van der Waals surface area contributed by atoms with Gasteiger partial charge in [-0.3, -0.25) is 15.4 Å². The van der Waals surface area contributed by atoms with E-state index in [4.69, 9.17) is 5.21 Å². The molecule has 0 aliphatic carbocycles. The second kappa shape index (κ2) is 3.86. The summed E-state index contributed by atoms with van der Waals surface area (Å²) in [6, 6.07) is 9.14. The predicted octanol–water partition coefficient (Wildman–Crippen LogP) is 1.64. The van der Waals surface area contributed by atoms with Crippen LogP contribution in [-0.2, 0) is 0 Å². The van der Waals surface area contributed by atoms with Crippen molar-refractivity contribution in [3.63, 3.8) is 0 Å². The summed E-state index contributed by atoms with van der Waals surface area (Å²) in [6.07, 6.45) is 0. The van der Waals surface area contributed by atoms with Gasteiger partial charge in [-0.1, -0.05) is 18.2 Å². The molecule has 3 heteroatoms. The largest absolute Gasteiger partial charge is 0.291 e. The van der Waals surface area contributed by atoms with Crippen LogP contribution in [0.4, 0.5) is 10.4 Å². The second-order valence-corrected chi connectivity index (χ2v) is 1.48. The molecule has 0 bridgehead atoms. The molecule has 0 fully saturated rings. The van der Waals surface area contributed by atoms with Gasteiger partial charge < -0.3 is 0 Å². The molecule has 0 amide bonds. The highest BCUT2D eigenvalue weighted by Crippen LogP contribution is 2.01. The molecule has 50 valence electrons. The number of nitrogens with one attached hydrogen (secondary N) is 1. The van der Waals surface area contributed by atoms with Crippen molar-refractivity contribution in [2.75, 3.05) is 5.48 Å². The van der Waals surface area contributed by atoms with E-state index in [2.05, 4.69) is 0 Å². The zero-order chi connectivity index (χ0) is 5.82. The minimum atomic E-state index is 0. The van der Waals surface area contributed by atoms with Gasteiger partial charge in [-0.15, -0.1) is 0 Å². The molecule has 0 atom stereocenters. The first kappa shape index (κ1) is 7.91. The zero-order valence-corrected chi connectivity index (χ0v) is 4.74. The van der Waals surface area contributed by atoms with Crippen LogP contribution >= 0.6 is 0 Å². The van der Waals surface area contributed by atoms with E-state index in [-0.39, 0.29) is 4.70 Å². The Labute approximate surface area is 52.5 Å². The van der Waals surface area contributed by atoms with Crippen molar-refractivity contribution in [1.82, 2.24) is 0 Å².